The maximum absolute atomic E-state index is 11.0. The molecule has 0 bridgehead atoms. The Morgan fingerprint density at radius 1 is 1.13 bits per heavy atom. The van der Waals surface area contributed by atoms with Gasteiger partial charge in [-0.15, -0.1) is 0 Å². The van der Waals surface area contributed by atoms with E-state index in [4.69, 9.17) is 10.2 Å². The van der Waals surface area contributed by atoms with E-state index in [-0.39, 0.29) is 56.7 Å². The molecule has 0 amide bonds. The quantitative estimate of drug-likeness (QED) is 0.339. The Bertz CT molecular complexity index is 508. The van der Waals surface area contributed by atoms with Crippen molar-refractivity contribution >= 4 is 18.1 Å². The Balaban J connectivity index is -0.000000216. The summed E-state index contributed by atoms with van der Waals surface area (Å²) < 4.78 is 0. The van der Waals surface area contributed by atoms with Crippen molar-refractivity contribution < 1.29 is 63.9 Å². The molecule has 0 unspecified atom stereocenters. The number of hydrogen-bond acceptors (Lipinski definition) is 6. The molecule has 0 aliphatic carbocycles. The van der Waals surface area contributed by atoms with Crippen LogP contribution in [0, 0.1) is 0 Å². The van der Waals surface area contributed by atoms with E-state index in [0.717, 1.165) is 6.07 Å². The van der Waals surface area contributed by atoms with E-state index in [9.17, 15) is 15.0 Å². The van der Waals surface area contributed by atoms with Crippen LogP contribution in [0.15, 0.2) is 28.2 Å². The molecule has 1 aromatic rings. The molecule has 11 nitrogen and oxygen atoms in total. The number of carbonyl (C=O) groups is 1. The summed E-state index contributed by atoms with van der Waals surface area (Å²) >= 11 is 0. The number of aromatic hydroxyl groups is 2. The second kappa shape index (κ2) is 16.2. The van der Waals surface area contributed by atoms with Gasteiger partial charge in [0, 0.05) is 34.6 Å². The Morgan fingerprint density at radius 2 is 1.70 bits per heavy atom. The third kappa shape index (κ3) is 13.2. The third-order valence-corrected chi connectivity index (χ3v) is 1.86. The molecule has 137 valence electrons. The summed E-state index contributed by atoms with van der Waals surface area (Å²) in [5, 5.41) is 37.8. The van der Waals surface area contributed by atoms with Gasteiger partial charge in [0.05, 0.1) is 6.54 Å². The molecule has 23 heavy (non-hydrogen) atoms. The molecule has 12 heteroatoms. The summed E-state index contributed by atoms with van der Waals surface area (Å²) in [4.78, 5) is 17.1. The van der Waals surface area contributed by atoms with E-state index in [0.29, 0.717) is 5.56 Å². The van der Waals surface area contributed by atoms with Crippen LogP contribution in [0.25, 0.3) is 0 Å². The molecule has 0 saturated carbocycles. The molecular weight excluding hydrogens is 363 g/mol. The van der Waals surface area contributed by atoms with Gasteiger partial charge in [-0.2, -0.15) is 0 Å². The van der Waals surface area contributed by atoms with Gasteiger partial charge < -0.3 is 42.3 Å². The van der Waals surface area contributed by atoms with Crippen molar-refractivity contribution in [3.63, 3.8) is 0 Å². The number of aliphatic carboxylic acids is 1. The number of carboxylic acids is 1. The van der Waals surface area contributed by atoms with Gasteiger partial charge in [0.25, 0.3) is 0 Å². The van der Waals surface area contributed by atoms with Crippen molar-refractivity contribution in [3.8, 4) is 11.5 Å². The minimum Gasteiger partial charge on any atom is -0.861 e. The van der Waals surface area contributed by atoms with Crippen LogP contribution >= 0.6 is 0 Å². The number of aliphatic imine (C=N–C) groups is 2. The summed E-state index contributed by atoms with van der Waals surface area (Å²) in [5.41, 5.74) is 0.332. The average molecular weight is 382 g/mol. The molecule has 0 spiro atoms. The first-order chi connectivity index (χ1) is 8.49. The minimum absolute atomic E-state index is 0. The van der Waals surface area contributed by atoms with Gasteiger partial charge in [-0.05, 0) is 18.0 Å². The first kappa shape index (κ1) is 32.6. The van der Waals surface area contributed by atoms with Gasteiger partial charge >= 0.3 is 5.97 Å². The molecule has 1 aromatic carbocycles. The molecule has 1 radical (unpaired) electrons. The van der Waals surface area contributed by atoms with Gasteiger partial charge in [0.15, 0.2) is 0 Å². The predicted octanol–water partition coefficient (Wildman–Crippen LogP) is -3.94. The Kier molecular flexibility index (Phi) is 22.9. The summed E-state index contributed by atoms with van der Waals surface area (Å²) in [5.74, 6) is -2.11. The molecule has 0 heterocycles. The topological polar surface area (TPSA) is 252 Å². The number of hydrogen-bond donors (Lipinski definition) is 3. The molecule has 0 saturated heterocycles. The normalized spacial score (nSPS) is 9.30. The summed E-state index contributed by atoms with van der Waals surface area (Å²) in [6.45, 7) is -0.883. The maximum atomic E-state index is 11.0. The SMILES string of the molecule is O.O.O.O.O=C(O)CN=C([O-])CN=Cc1ccc(O)cc1O.[Co]. The summed E-state index contributed by atoms with van der Waals surface area (Å²) in [6, 6.07) is 3.92. The molecule has 0 fully saturated rings. The largest absolute Gasteiger partial charge is 0.861 e. The first-order valence-corrected chi connectivity index (χ1v) is 4.93. The fraction of sp³-hybridized carbons (Fsp3) is 0.182. The van der Waals surface area contributed by atoms with Crippen molar-refractivity contribution in [2.24, 2.45) is 9.98 Å². The summed E-state index contributed by atoms with van der Waals surface area (Å²) in [7, 11) is 0. The number of rotatable bonds is 5. The number of benzene rings is 1. The van der Waals surface area contributed by atoms with Crippen molar-refractivity contribution in [2.75, 3.05) is 13.1 Å². The van der Waals surface area contributed by atoms with E-state index in [1.807, 2.05) is 0 Å². The van der Waals surface area contributed by atoms with Crippen molar-refractivity contribution in [1.29, 1.82) is 0 Å². The van der Waals surface area contributed by atoms with Crippen LogP contribution in [0.3, 0.4) is 0 Å². The number of nitrogens with zero attached hydrogens (tertiary/aromatic N) is 2. The molecular formula is C11H19CoN2O9-. The molecule has 11 N–H and O–H groups in total. The van der Waals surface area contributed by atoms with Gasteiger partial charge in [0.1, 0.15) is 18.0 Å². The van der Waals surface area contributed by atoms with Crippen LogP contribution in [0.5, 0.6) is 11.5 Å². The molecule has 1 rings (SSSR count). The Morgan fingerprint density at radius 3 is 2.17 bits per heavy atom. The van der Waals surface area contributed by atoms with Gasteiger partial charge in [-0.3, -0.25) is 14.8 Å². The van der Waals surface area contributed by atoms with E-state index in [1.54, 1.807) is 0 Å². The van der Waals surface area contributed by atoms with Crippen LogP contribution in [0.2, 0.25) is 0 Å². The predicted molar refractivity (Wildman–Crippen MR) is 76.6 cm³/mol. The molecule has 0 aliphatic rings. The first-order valence-electron chi connectivity index (χ1n) is 4.93. The van der Waals surface area contributed by atoms with E-state index < -0.39 is 18.4 Å². The zero-order chi connectivity index (χ0) is 13.5. The maximum Gasteiger partial charge on any atom is 0.325 e. The second-order valence-electron chi connectivity index (χ2n) is 3.32. The molecule has 0 aliphatic heterocycles. The van der Waals surface area contributed by atoms with E-state index in [2.05, 4.69) is 9.98 Å². The van der Waals surface area contributed by atoms with Crippen LogP contribution in [-0.2, 0) is 21.6 Å². The zero-order valence-corrected chi connectivity index (χ0v) is 12.7. The minimum atomic E-state index is -1.19. The zero-order valence-electron chi connectivity index (χ0n) is 11.6. The van der Waals surface area contributed by atoms with Crippen molar-refractivity contribution in [2.45, 2.75) is 0 Å². The third-order valence-electron chi connectivity index (χ3n) is 1.86. The molecule has 0 atom stereocenters. The van der Waals surface area contributed by atoms with E-state index >= 15 is 0 Å². The molecule has 0 aromatic heterocycles. The van der Waals surface area contributed by atoms with Crippen molar-refractivity contribution in [1.82, 2.24) is 0 Å². The van der Waals surface area contributed by atoms with Gasteiger partial charge in [0.2, 0.25) is 0 Å². The van der Waals surface area contributed by atoms with E-state index in [1.165, 1.54) is 18.3 Å². The fourth-order valence-electron chi connectivity index (χ4n) is 1.07. The van der Waals surface area contributed by atoms with Crippen LogP contribution in [-0.4, -0.2) is 68.4 Å². The fourth-order valence-corrected chi connectivity index (χ4v) is 1.07. The number of carboxylic acid groups (broad SMARTS) is 1. The van der Waals surface area contributed by atoms with Crippen LogP contribution in [0.1, 0.15) is 5.56 Å². The Labute approximate surface area is 141 Å². The standard InChI is InChI=1S/C11H12N2O5.Co.4H2O/c14-8-2-1-7(9(15)3-8)4-12-5-10(16)13-6-11(17)18;;;;;/h1-4,14-15H,5-6H2,(H,13,16)(H,17,18);;4*1H2/p-1. The average Bonchev–Trinajstić information content (AvgIpc) is 2.29. The van der Waals surface area contributed by atoms with Gasteiger partial charge in [-0.25, -0.2) is 0 Å². The van der Waals surface area contributed by atoms with Crippen LogP contribution < -0.4 is 5.11 Å². The summed E-state index contributed by atoms with van der Waals surface area (Å²) in [6.07, 6.45) is 1.24. The van der Waals surface area contributed by atoms with Gasteiger partial charge in [-0.1, -0.05) is 0 Å². The van der Waals surface area contributed by atoms with Crippen molar-refractivity contribution in [3.05, 3.63) is 23.8 Å². The number of phenols is 2. The smallest absolute Gasteiger partial charge is 0.325 e. The van der Waals surface area contributed by atoms with Crippen LogP contribution in [0.4, 0.5) is 0 Å². The monoisotopic (exact) mass is 382 g/mol. The number of phenolic OH excluding ortho intramolecular Hbond substituents is 2. The second-order valence-corrected chi connectivity index (χ2v) is 3.32. The Hall–Kier alpha value is -2.22.